The Morgan fingerprint density at radius 2 is 1.96 bits per heavy atom. The lowest BCUT2D eigenvalue weighted by Gasteiger charge is -2.30. The number of rotatable bonds is 3. The van der Waals surface area contributed by atoms with Gasteiger partial charge in [0, 0.05) is 18.7 Å². The molecular weight excluding hydrogens is 318 g/mol. The van der Waals surface area contributed by atoms with E-state index < -0.39 is 0 Å². The zero-order valence-corrected chi connectivity index (χ0v) is 14.7. The van der Waals surface area contributed by atoms with E-state index in [1.54, 1.807) is 10.7 Å². The van der Waals surface area contributed by atoms with Gasteiger partial charge in [-0.1, -0.05) is 0 Å². The number of hydrogen-bond donors (Lipinski definition) is 1. The Morgan fingerprint density at radius 1 is 1.16 bits per heavy atom. The number of carbonyl (C=O) groups excluding carboxylic acids is 1. The van der Waals surface area contributed by atoms with Crippen LogP contribution < -0.4 is 10.9 Å². The van der Waals surface area contributed by atoms with E-state index in [0.29, 0.717) is 13.2 Å². The molecule has 1 atom stereocenters. The normalized spacial score (nSPS) is 29.2. The van der Waals surface area contributed by atoms with Crippen LogP contribution in [-0.2, 0) is 22.4 Å². The van der Waals surface area contributed by atoms with Crippen LogP contribution in [0.4, 0.5) is 0 Å². The summed E-state index contributed by atoms with van der Waals surface area (Å²) >= 11 is 0. The molecule has 1 saturated carbocycles. The number of hydrogen-bond acceptors (Lipinski definition) is 4. The van der Waals surface area contributed by atoms with Gasteiger partial charge in [-0.05, 0) is 63.4 Å². The fourth-order valence-corrected chi connectivity index (χ4v) is 4.36. The Balaban J connectivity index is 1.37. The first-order valence-electron chi connectivity index (χ1n) is 9.70. The van der Waals surface area contributed by atoms with Gasteiger partial charge in [-0.15, -0.1) is 0 Å². The molecule has 0 bridgehead atoms. The minimum atomic E-state index is 0.0163. The Bertz CT molecular complexity index is 686. The van der Waals surface area contributed by atoms with Crippen molar-refractivity contribution in [2.45, 2.75) is 69.9 Å². The highest BCUT2D eigenvalue weighted by atomic mass is 16.5. The second kappa shape index (κ2) is 7.28. The first-order valence-corrected chi connectivity index (χ1v) is 9.70. The van der Waals surface area contributed by atoms with Crippen LogP contribution in [0.1, 0.15) is 62.2 Å². The van der Waals surface area contributed by atoms with Gasteiger partial charge < -0.3 is 10.1 Å². The zero-order chi connectivity index (χ0) is 17.2. The van der Waals surface area contributed by atoms with Crippen LogP contribution in [0, 0.1) is 5.92 Å². The van der Waals surface area contributed by atoms with Gasteiger partial charge in [0.05, 0.1) is 24.3 Å². The van der Waals surface area contributed by atoms with Crippen LogP contribution in [0.3, 0.4) is 0 Å². The first kappa shape index (κ1) is 16.8. The summed E-state index contributed by atoms with van der Waals surface area (Å²) in [6, 6.07) is 2.19. The SMILES string of the molecule is O=C(NC1CCC(n2nc3c(cc2=O)CCCC3)CC1)C1CCOC1. The van der Waals surface area contributed by atoms with E-state index in [1.807, 2.05) is 0 Å². The van der Waals surface area contributed by atoms with Crippen LogP contribution in [0.2, 0.25) is 0 Å². The van der Waals surface area contributed by atoms with E-state index in [0.717, 1.165) is 62.6 Å². The summed E-state index contributed by atoms with van der Waals surface area (Å²) in [6.07, 6.45) is 8.76. The molecule has 1 aliphatic heterocycles. The molecule has 2 aliphatic carbocycles. The van der Waals surface area contributed by atoms with Crippen LogP contribution in [0.15, 0.2) is 10.9 Å². The highest BCUT2D eigenvalue weighted by molar-refractivity contribution is 5.79. The smallest absolute Gasteiger partial charge is 0.267 e. The van der Waals surface area contributed by atoms with Gasteiger partial charge >= 0.3 is 0 Å². The van der Waals surface area contributed by atoms with Crippen LogP contribution >= 0.6 is 0 Å². The third kappa shape index (κ3) is 3.64. The molecule has 0 spiro atoms. The zero-order valence-electron chi connectivity index (χ0n) is 14.7. The molecule has 136 valence electrons. The van der Waals surface area contributed by atoms with Crippen molar-refractivity contribution < 1.29 is 9.53 Å². The number of aromatic nitrogens is 2. The molecule has 2 fully saturated rings. The van der Waals surface area contributed by atoms with Crippen molar-refractivity contribution in [3.05, 3.63) is 27.7 Å². The van der Waals surface area contributed by atoms with Crippen molar-refractivity contribution in [1.82, 2.24) is 15.1 Å². The quantitative estimate of drug-likeness (QED) is 0.906. The molecule has 2 heterocycles. The van der Waals surface area contributed by atoms with Crippen LogP contribution in [-0.4, -0.2) is 34.9 Å². The first-order chi connectivity index (χ1) is 12.2. The summed E-state index contributed by atoms with van der Waals surface area (Å²) in [4.78, 5) is 24.7. The van der Waals surface area contributed by atoms with Gasteiger partial charge in [0.2, 0.25) is 5.91 Å². The lowest BCUT2D eigenvalue weighted by molar-refractivity contribution is -0.125. The molecule has 0 aromatic carbocycles. The maximum absolute atomic E-state index is 12.4. The summed E-state index contributed by atoms with van der Waals surface area (Å²) in [6.45, 7) is 1.24. The second-order valence-corrected chi connectivity index (χ2v) is 7.68. The molecular formula is C19H27N3O3. The molecule has 6 heteroatoms. The van der Waals surface area contributed by atoms with Gasteiger partial charge in [-0.3, -0.25) is 9.59 Å². The highest BCUT2D eigenvalue weighted by Crippen LogP contribution is 2.28. The van der Waals surface area contributed by atoms with E-state index in [1.165, 1.54) is 6.42 Å². The lowest BCUT2D eigenvalue weighted by Crippen LogP contribution is -2.42. The van der Waals surface area contributed by atoms with Gasteiger partial charge in [0.15, 0.2) is 0 Å². The maximum Gasteiger partial charge on any atom is 0.267 e. The van der Waals surface area contributed by atoms with E-state index in [-0.39, 0.29) is 29.5 Å². The number of nitrogens with one attached hydrogen (secondary N) is 1. The third-order valence-electron chi connectivity index (χ3n) is 5.92. The predicted octanol–water partition coefficient (Wildman–Crippen LogP) is 1.76. The fourth-order valence-electron chi connectivity index (χ4n) is 4.36. The minimum Gasteiger partial charge on any atom is -0.381 e. The number of ether oxygens (including phenoxy) is 1. The van der Waals surface area contributed by atoms with Crippen molar-refractivity contribution in [3.8, 4) is 0 Å². The predicted molar refractivity (Wildman–Crippen MR) is 93.5 cm³/mol. The summed E-state index contributed by atoms with van der Waals surface area (Å²) < 4.78 is 7.01. The molecule has 1 unspecified atom stereocenters. The van der Waals surface area contributed by atoms with Crippen molar-refractivity contribution in [1.29, 1.82) is 0 Å². The Labute approximate surface area is 147 Å². The average molecular weight is 345 g/mol. The summed E-state index contributed by atoms with van der Waals surface area (Å²) in [5.74, 6) is 0.146. The molecule has 0 radical (unpaired) electrons. The minimum absolute atomic E-state index is 0.0163. The van der Waals surface area contributed by atoms with Crippen molar-refractivity contribution >= 4 is 5.91 Å². The van der Waals surface area contributed by atoms with Crippen molar-refractivity contribution in [2.75, 3.05) is 13.2 Å². The third-order valence-corrected chi connectivity index (χ3v) is 5.92. The average Bonchev–Trinajstić information content (AvgIpc) is 3.17. The Kier molecular flexibility index (Phi) is 4.88. The Hall–Kier alpha value is -1.69. The molecule has 1 amide bonds. The summed E-state index contributed by atoms with van der Waals surface area (Å²) in [5, 5.41) is 7.86. The van der Waals surface area contributed by atoms with E-state index in [2.05, 4.69) is 10.4 Å². The van der Waals surface area contributed by atoms with Crippen LogP contribution in [0.25, 0.3) is 0 Å². The second-order valence-electron chi connectivity index (χ2n) is 7.68. The molecule has 1 saturated heterocycles. The monoisotopic (exact) mass is 345 g/mol. The standard InChI is InChI=1S/C19H27N3O3/c23-18-11-13-3-1-2-4-17(13)21-22(18)16-7-5-15(6-8-16)20-19(24)14-9-10-25-12-14/h11,14-16H,1-10,12H2,(H,20,24). The molecule has 1 aromatic heterocycles. The molecule has 3 aliphatic rings. The summed E-state index contributed by atoms with van der Waals surface area (Å²) in [7, 11) is 0. The van der Waals surface area contributed by atoms with Crippen molar-refractivity contribution in [3.63, 3.8) is 0 Å². The van der Waals surface area contributed by atoms with Gasteiger partial charge in [-0.25, -0.2) is 4.68 Å². The van der Waals surface area contributed by atoms with Gasteiger partial charge in [0.25, 0.3) is 5.56 Å². The van der Waals surface area contributed by atoms with E-state index >= 15 is 0 Å². The Morgan fingerprint density at radius 3 is 2.72 bits per heavy atom. The van der Waals surface area contributed by atoms with Gasteiger partial charge in [-0.2, -0.15) is 5.10 Å². The molecule has 4 rings (SSSR count). The largest absolute Gasteiger partial charge is 0.381 e. The highest BCUT2D eigenvalue weighted by Gasteiger charge is 2.29. The molecule has 6 nitrogen and oxygen atoms in total. The number of fused-ring (bicyclic) bond motifs is 1. The maximum atomic E-state index is 12.4. The number of carbonyl (C=O) groups is 1. The molecule has 1 N–H and O–H groups in total. The molecule has 25 heavy (non-hydrogen) atoms. The van der Waals surface area contributed by atoms with E-state index in [9.17, 15) is 9.59 Å². The van der Waals surface area contributed by atoms with Crippen LogP contribution in [0.5, 0.6) is 0 Å². The lowest BCUT2D eigenvalue weighted by atomic mass is 9.90. The number of amides is 1. The van der Waals surface area contributed by atoms with E-state index in [4.69, 9.17) is 4.74 Å². The molecule has 1 aromatic rings. The van der Waals surface area contributed by atoms with Crippen molar-refractivity contribution in [2.24, 2.45) is 5.92 Å². The van der Waals surface area contributed by atoms with Gasteiger partial charge in [0.1, 0.15) is 0 Å². The summed E-state index contributed by atoms with van der Waals surface area (Å²) in [5.41, 5.74) is 2.30. The number of nitrogens with zero attached hydrogens (tertiary/aromatic N) is 2. The number of aryl methyl sites for hydroxylation is 2. The fraction of sp³-hybridized carbons (Fsp3) is 0.737. The topological polar surface area (TPSA) is 73.2 Å².